The third-order valence-corrected chi connectivity index (χ3v) is 4.69. The smallest absolute Gasteiger partial charge is 0.262 e. The maximum absolute atomic E-state index is 13.7. The van der Waals surface area contributed by atoms with Gasteiger partial charge >= 0.3 is 0 Å². The Hall–Kier alpha value is -1.92. The van der Waals surface area contributed by atoms with Crippen molar-refractivity contribution >= 4 is 38.9 Å². The van der Waals surface area contributed by atoms with Crippen molar-refractivity contribution in [2.24, 2.45) is 0 Å². The highest BCUT2D eigenvalue weighted by atomic mass is 35.5. The molecule has 4 nitrogen and oxygen atoms in total. The number of rotatable bonds is 4. The number of carbonyl (C=O) groups is 1. The first-order valence-corrected chi connectivity index (χ1v) is 7.48. The van der Waals surface area contributed by atoms with E-state index in [-0.39, 0.29) is 10.9 Å². The minimum atomic E-state index is -0.412. The average Bonchev–Trinajstić information content (AvgIpc) is 3.08. The number of fused-ring (bicyclic) bond motifs is 1. The highest BCUT2D eigenvalue weighted by molar-refractivity contribution is 7.21. The van der Waals surface area contributed by atoms with E-state index in [1.165, 1.54) is 17.4 Å². The molecule has 2 heterocycles. The van der Waals surface area contributed by atoms with Crippen molar-refractivity contribution < 1.29 is 9.18 Å². The number of hydrogen-bond donors (Lipinski definition) is 2. The molecule has 0 aliphatic heterocycles. The summed E-state index contributed by atoms with van der Waals surface area (Å²) >= 11 is 7.32. The summed E-state index contributed by atoms with van der Waals surface area (Å²) in [5.41, 5.74) is 0.934. The number of aromatic nitrogens is 2. The van der Waals surface area contributed by atoms with Crippen LogP contribution in [0.5, 0.6) is 0 Å². The lowest BCUT2D eigenvalue weighted by Gasteiger charge is -2.02. The number of nitrogens with one attached hydrogen (secondary N) is 2. The second-order valence-corrected chi connectivity index (χ2v) is 5.87. The molecule has 0 saturated heterocycles. The fourth-order valence-electron chi connectivity index (χ4n) is 2.03. The number of nitrogens with zero attached hydrogens (tertiary/aromatic N) is 1. The summed E-state index contributed by atoms with van der Waals surface area (Å²) in [5.74, 6) is -0.703. The van der Waals surface area contributed by atoms with E-state index >= 15 is 0 Å². The summed E-state index contributed by atoms with van der Waals surface area (Å²) in [4.78, 5) is 19.3. The summed E-state index contributed by atoms with van der Waals surface area (Å²) < 4.78 is 14.4. The average molecular weight is 324 g/mol. The number of aromatic amines is 1. The highest BCUT2D eigenvalue weighted by Crippen LogP contribution is 2.36. The second kappa shape index (κ2) is 5.83. The van der Waals surface area contributed by atoms with Gasteiger partial charge in [-0.05, 0) is 12.1 Å². The van der Waals surface area contributed by atoms with Gasteiger partial charge in [0, 0.05) is 34.9 Å². The normalized spacial score (nSPS) is 11.0. The zero-order valence-electron chi connectivity index (χ0n) is 10.8. The lowest BCUT2D eigenvalue weighted by Crippen LogP contribution is -2.25. The lowest BCUT2D eigenvalue weighted by atomic mass is 10.2. The van der Waals surface area contributed by atoms with Gasteiger partial charge in [0.15, 0.2) is 0 Å². The zero-order chi connectivity index (χ0) is 14.8. The summed E-state index contributed by atoms with van der Waals surface area (Å²) in [7, 11) is 0. The molecule has 0 unspecified atom stereocenters. The van der Waals surface area contributed by atoms with Gasteiger partial charge in [0.05, 0.1) is 11.3 Å². The topological polar surface area (TPSA) is 57.8 Å². The number of amides is 1. The molecule has 2 N–H and O–H groups in total. The van der Waals surface area contributed by atoms with E-state index in [9.17, 15) is 9.18 Å². The van der Waals surface area contributed by atoms with Gasteiger partial charge in [0.1, 0.15) is 10.7 Å². The Balaban J connectivity index is 1.75. The number of carbonyl (C=O) groups excluding carboxylic acids is 1. The summed E-state index contributed by atoms with van der Waals surface area (Å²) in [6, 6.07) is 4.68. The minimum absolute atomic E-state index is 0.173. The molecule has 3 rings (SSSR count). The van der Waals surface area contributed by atoms with Crippen molar-refractivity contribution in [3.05, 3.63) is 52.1 Å². The molecule has 1 amide bonds. The van der Waals surface area contributed by atoms with Crippen LogP contribution in [0.4, 0.5) is 4.39 Å². The van der Waals surface area contributed by atoms with Crippen molar-refractivity contribution in [2.45, 2.75) is 6.42 Å². The minimum Gasteiger partial charge on any atom is -0.351 e. The molecule has 0 bridgehead atoms. The van der Waals surface area contributed by atoms with Crippen LogP contribution in [0.15, 0.2) is 30.7 Å². The van der Waals surface area contributed by atoms with Crippen LogP contribution >= 0.6 is 22.9 Å². The van der Waals surface area contributed by atoms with Crippen LogP contribution in [0.25, 0.3) is 10.1 Å². The predicted molar refractivity (Wildman–Crippen MR) is 81.4 cm³/mol. The Morgan fingerprint density at radius 1 is 1.48 bits per heavy atom. The molecule has 0 aliphatic rings. The van der Waals surface area contributed by atoms with Crippen LogP contribution in [0.1, 0.15) is 15.4 Å². The lowest BCUT2D eigenvalue weighted by molar-refractivity contribution is 0.0958. The van der Waals surface area contributed by atoms with Crippen molar-refractivity contribution in [1.29, 1.82) is 0 Å². The fourth-order valence-corrected chi connectivity index (χ4v) is 3.50. The Kier molecular flexibility index (Phi) is 3.90. The summed E-state index contributed by atoms with van der Waals surface area (Å²) in [6.07, 6.45) is 3.93. The number of imidazole rings is 1. The maximum Gasteiger partial charge on any atom is 0.262 e. The van der Waals surface area contributed by atoms with Gasteiger partial charge < -0.3 is 10.3 Å². The van der Waals surface area contributed by atoms with Gasteiger partial charge in [-0.3, -0.25) is 4.79 Å². The molecule has 0 fully saturated rings. The molecule has 3 aromatic rings. The monoisotopic (exact) mass is 323 g/mol. The van der Waals surface area contributed by atoms with Gasteiger partial charge in [0.25, 0.3) is 5.91 Å². The van der Waals surface area contributed by atoms with E-state index in [2.05, 4.69) is 15.3 Å². The molecule has 0 spiro atoms. The number of hydrogen-bond acceptors (Lipinski definition) is 3. The molecule has 0 radical (unpaired) electrons. The van der Waals surface area contributed by atoms with Crippen molar-refractivity contribution in [2.75, 3.05) is 6.54 Å². The van der Waals surface area contributed by atoms with Crippen LogP contribution in [0.3, 0.4) is 0 Å². The Morgan fingerprint density at radius 2 is 2.33 bits per heavy atom. The van der Waals surface area contributed by atoms with Crippen LogP contribution in [-0.2, 0) is 6.42 Å². The SMILES string of the molecule is O=C(NCCc1cnc[nH]1)c1sc2cccc(F)c2c1Cl. The zero-order valence-corrected chi connectivity index (χ0v) is 12.4. The van der Waals surface area contributed by atoms with Crippen molar-refractivity contribution in [1.82, 2.24) is 15.3 Å². The summed E-state index contributed by atoms with van der Waals surface area (Å²) in [5, 5.41) is 3.26. The van der Waals surface area contributed by atoms with E-state index in [0.717, 1.165) is 5.69 Å². The first kappa shape index (κ1) is 14.0. The van der Waals surface area contributed by atoms with Gasteiger partial charge in [-0.2, -0.15) is 0 Å². The number of thiophene rings is 1. The third-order valence-electron chi connectivity index (χ3n) is 3.05. The van der Waals surface area contributed by atoms with Crippen molar-refractivity contribution in [3.8, 4) is 0 Å². The molecule has 108 valence electrons. The van der Waals surface area contributed by atoms with Crippen LogP contribution < -0.4 is 5.32 Å². The largest absolute Gasteiger partial charge is 0.351 e. The van der Waals surface area contributed by atoms with Gasteiger partial charge in [-0.25, -0.2) is 9.37 Å². The van der Waals surface area contributed by atoms with Crippen LogP contribution in [-0.4, -0.2) is 22.4 Å². The molecule has 0 aliphatic carbocycles. The van der Waals surface area contributed by atoms with Crippen molar-refractivity contribution in [3.63, 3.8) is 0 Å². The van der Waals surface area contributed by atoms with E-state index in [4.69, 9.17) is 11.6 Å². The Morgan fingerprint density at radius 3 is 3.05 bits per heavy atom. The molecule has 21 heavy (non-hydrogen) atoms. The molecule has 2 aromatic heterocycles. The Bertz CT molecular complexity index is 785. The number of halogens is 2. The van der Waals surface area contributed by atoms with E-state index in [0.29, 0.717) is 27.9 Å². The van der Waals surface area contributed by atoms with E-state index < -0.39 is 5.82 Å². The first-order valence-electron chi connectivity index (χ1n) is 6.29. The first-order chi connectivity index (χ1) is 10.2. The molecule has 0 saturated carbocycles. The maximum atomic E-state index is 13.7. The number of benzene rings is 1. The third kappa shape index (κ3) is 2.77. The van der Waals surface area contributed by atoms with Crippen LogP contribution in [0, 0.1) is 5.82 Å². The number of H-pyrrole nitrogens is 1. The molecule has 7 heteroatoms. The Labute approximate surface area is 129 Å². The van der Waals surface area contributed by atoms with E-state index in [1.807, 2.05) is 0 Å². The molecular formula is C14H11ClFN3OS. The highest BCUT2D eigenvalue weighted by Gasteiger charge is 2.19. The molecule has 1 aromatic carbocycles. The fraction of sp³-hybridized carbons (Fsp3) is 0.143. The van der Waals surface area contributed by atoms with E-state index in [1.54, 1.807) is 24.7 Å². The summed E-state index contributed by atoms with van der Waals surface area (Å²) in [6.45, 7) is 0.452. The van der Waals surface area contributed by atoms with Gasteiger partial charge in [-0.15, -0.1) is 11.3 Å². The second-order valence-electron chi connectivity index (χ2n) is 4.44. The van der Waals surface area contributed by atoms with Crippen LogP contribution in [0.2, 0.25) is 5.02 Å². The molecule has 0 atom stereocenters. The van der Waals surface area contributed by atoms with Gasteiger partial charge in [-0.1, -0.05) is 17.7 Å². The predicted octanol–water partition coefficient (Wildman–Crippen LogP) is 3.39. The molecular weight excluding hydrogens is 313 g/mol. The standard InChI is InChI=1S/C14H11ClFN3OS/c15-12-11-9(16)2-1-3-10(11)21-13(12)14(20)18-5-4-8-6-17-7-19-8/h1-3,6-7H,4-5H2,(H,17,19)(H,18,20). The van der Waals surface area contributed by atoms with Gasteiger partial charge in [0.2, 0.25) is 0 Å². The quantitative estimate of drug-likeness (QED) is 0.773.